The van der Waals surface area contributed by atoms with Crippen LogP contribution in [0.4, 0.5) is 0 Å². The molecule has 1 aromatic carbocycles. The lowest BCUT2D eigenvalue weighted by Crippen LogP contribution is -2.43. The molecule has 2 aliphatic rings. The van der Waals surface area contributed by atoms with Gasteiger partial charge in [-0.15, -0.1) is 0 Å². The Hall–Kier alpha value is -1.84. The molecule has 0 radical (unpaired) electrons. The number of carbonyl (C=O) groups is 2. The highest BCUT2D eigenvalue weighted by Crippen LogP contribution is 2.24. The minimum atomic E-state index is -0.214. The van der Waals surface area contributed by atoms with Crippen molar-refractivity contribution in [3.63, 3.8) is 0 Å². The molecule has 4 heteroatoms. The van der Waals surface area contributed by atoms with Crippen molar-refractivity contribution in [1.29, 1.82) is 0 Å². The average molecular weight is 272 g/mol. The lowest BCUT2D eigenvalue weighted by molar-refractivity contribution is -0.139. The first-order valence-corrected chi connectivity index (χ1v) is 7.29. The second kappa shape index (κ2) is 5.27. The van der Waals surface area contributed by atoms with Crippen molar-refractivity contribution >= 4 is 11.8 Å². The van der Waals surface area contributed by atoms with Crippen molar-refractivity contribution in [1.82, 2.24) is 9.80 Å². The topological polar surface area (TPSA) is 40.6 Å². The second-order valence-electron chi connectivity index (χ2n) is 5.68. The molecule has 1 atom stereocenters. The predicted octanol–water partition coefficient (Wildman–Crippen LogP) is 1.72. The molecule has 3 rings (SSSR count). The Kier molecular flexibility index (Phi) is 3.47. The summed E-state index contributed by atoms with van der Waals surface area (Å²) in [7, 11) is 0. The predicted molar refractivity (Wildman–Crippen MR) is 75.9 cm³/mol. The molecule has 0 saturated carbocycles. The summed E-state index contributed by atoms with van der Waals surface area (Å²) >= 11 is 0. The molecule has 0 bridgehead atoms. The van der Waals surface area contributed by atoms with E-state index in [9.17, 15) is 9.59 Å². The van der Waals surface area contributed by atoms with E-state index in [-0.39, 0.29) is 17.9 Å². The highest BCUT2D eigenvalue weighted by molar-refractivity contribution is 5.90. The van der Waals surface area contributed by atoms with E-state index in [0.29, 0.717) is 19.5 Å². The number of aryl methyl sites for hydroxylation is 1. The maximum atomic E-state index is 12.6. The summed E-state index contributed by atoms with van der Waals surface area (Å²) < 4.78 is 0. The summed E-state index contributed by atoms with van der Waals surface area (Å²) in [5.74, 6) is 0.254. The van der Waals surface area contributed by atoms with Gasteiger partial charge < -0.3 is 9.80 Å². The summed E-state index contributed by atoms with van der Waals surface area (Å²) in [6.07, 6.45) is 2.21. The fourth-order valence-electron chi connectivity index (χ4n) is 3.17. The van der Waals surface area contributed by atoms with Crippen LogP contribution in [0.3, 0.4) is 0 Å². The summed E-state index contributed by atoms with van der Waals surface area (Å²) in [6.45, 7) is 3.96. The van der Waals surface area contributed by atoms with Gasteiger partial charge in [0.25, 0.3) is 0 Å². The normalized spacial score (nSPS) is 22.9. The van der Waals surface area contributed by atoms with Gasteiger partial charge in [0.15, 0.2) is 0 Å². The Balaban J connectivity index is 1.81. The van der Waals surface area contributed by atoms with Crippen LogP contribution in [0.15, 0.2) is 24.3 Å². The van der Waals surface area contributed by atoms with Crippen LogP contribution in [-0.4, -0.2) is 40.7 Å². The SMILES string of the molecule is Cc1ccccc1CN1CCC(=O)N2CCCC2C1=O. The molecule has 0 aliphatic carbocycles. The van der Waals surface area contributed by atoms with Crippen LogP contribution in [0.2, 0.25) is 0 Å². The van der Waals surface area contributed by atoms with Gasteiger partial charge in [-0.3, -0.25) is 9.59 Å². The highest BCUT2D eigenvalue weighted by Gasteiger charge is 2.39. The number of amides is 2. The molecule has 106 valence electrons. The summed E-state index contributed by atoms with van der Waals surface area (Å²) in [4.78, 5) is 28.3. The fourth-order valence-corrected chi connectivity index (χ4v) is 3.17. The van der Waals surface area contributed by atoms with E-state index < -0.39 is 0 Å². The minimum Gasteiger partial charge on any atom is -0.336 e. The Bertz CT molecular complexity index is 541. The van der Waals surface area contributed by atoms with E-state index >= 15 is 0 Å². The molecule has 2 fully saturated rings. The van der Waals surface area contributed by atoms with Gasteiger partial charge in [-0.2, -0.15) is 0 Å². The van der Waals surface area contributed by atoms with Gasteiger partial charge in [0.2, 0.25) is 11.8 Å². The lowest BCUT2D eigenvalue weighted by Gasteiger charge is -2.25. The second-order valence-corrected chi connectivity index (χ2v) is 5.68. The van der Waals surface area contributed by atoms with Crippen LogP contribution in [0, 0.1) is 6.92 Å². The Morgan fingerprint density at radius 3 is 2.80 bits per heavy atom. The molecule has 1 unspecified atom stereocenters. The number of rotatable bonds is 2. The van der Waals surface area contributed by atoms with Gasteiger partial charge in [-0.25, -0.2) is 0 Å². The minimum absolute atomic E-state index is 0.122. The van der Waals surface area contributed by atoms with Crippen molar-refractivity contribution in [2.75, 3.05) is 13.1 Å². The number of benzene rings is 1. The van der Waals surface area contributed by atoms with Crippen LogP contribution in [0.1, 0.15) is 30.4 Å². The van der Waals surface area contributed by atoms with Crippen molar-refractivity contribution < 1.29 is 9.59 Å². The van der Waals surface area contributed by atoms with E-state index in [1.165, 1.54) is 11.1 Å². The smallest absolute Gasteiger partial charge is 0.245 e. The first-order chi connectivity index (χ1) is 9.66. The van der Waals surface area contributed by atoms with Crippen LogP contribution in [0.25, 0.3) is 0 Å². The Labute approximate surface area is 119 Å². The van der Waals surface area contributed by atoms with E-state index in [2.05, 4.69) is 19.1 Å². The van der Waals surface area contributed by atoms with Gasteiger partial charge >= 0.3 is 0 Å². The third kappa shape index (κ3) is 2.30. The van der Waals surface area contributed by atoms with Crippen molar-refractivity contribution in [2.24, 2.45) is 0 Å². The number of hydrogen-bond donors (Lipinski definition) is 0. The highest BCUT2D eigenvalue weighted by atomic mass is 16.2. The molecule has 0 aromatic heterocycles. The Morgan fingerprint density at radius 2 is 2.00 bits per heavy atom. The molecule has 2 heterocycles. The van der Waals surface area contributed by atoms with Gasteiger partial charge in [0, 0.05) is 26.1 Å². The number of hydrogen-bond acceptors (Lipinski definition) is 2. The number of fused-ring (bicyclic) bond motifs is 1. The molecule has 0 spiro atoms. The van der Waals surface area contributed by atoms with Gasteiger partial charge in [0.05, 0.1) is 0 Å². The zero-order valence-corrected chi connectivity index (χ0v) is 11.8. The van der Waals surface area contributed by atoms with E-state index in [4.69, 9.17) is 0 Å². The number of carbonyl (C=O) groups excluding carboxylic acids is 2. The average Bonchev–Trinajstić information content (AvgIpc) is 2.90. The molecule has 4 nitrogen and oxygen atoms in total. The van der Waals surface area contributed by atoms with Crippen LogP contribution >= 0.6 is 0 Å². The fraction of sp³-hybridized carbons (Fsp3) is 0.500. The third-order valence-corrected chi connectivity index (χ3v) is 4.39. The van der Waals surface area contributed by atoms with E-state index in [1.54, 1.807) is 4.90 Å². The molecular weight excluding hydrogens is 252 g/mol. The molecule has 1 aromatic rings. The van der Waals surface area contributed by atoms with Crippen LogP contribution < -0.4 is 0 Å². The maximum Gasteiger partial charge on any atom is 0.245 e. The summed E-state index contributed by atoms with van der Waals surface area (Å²) in [5.41, 5.74) is 2.36. The van der Waals surface area contributed by atoms with Crippen molar-refractivity contribution in [3.8, 4) is 0 Å². The maximum absolute atomic E-state index is 12.6. The van der Waals surface area contributed by atoms with Crippen LogP contribution in [0.5, 0.6) is 0 Å². The largest absolute Gasteiger partial charge is 0.336 e. The quantitative estimate of drug-likeness (QED) is 0.822. The summed E-state index contributed by atoms with van der Waals surface area (Å²) in [5, 5.41) is 0. The third-order valence-electron chi connectivity index (χ3n) is 4.39. The van der Waals surface area contributed by atoms with Crippen molar-refractivity contribution in [3.05, 3.63) is 35.4 Å². The van der Waals surface area contributed by atoms with E-state index in [1.807, 2.05) is 17.0 Å². The molecule has 0 N–H and O–H groups in total. The lowest BCUT2D eigenvalue weighted by atomic mass is 10.1. The first-order valence-electron chi connectivity index (χ1n) is 7.29. The molecular formula is C16H20N2O2. The van der Waals surface area contributed by atoms with Gasteiger partial charge in [0.1, 0.15) is 6.04 Å². The number of nitrogens with zero attached hydrogens (tertiary/aromatic N) is 2. The zero-order valence-electron chi connectivity index (χ0n) is 11.8. The Morgan fingerprint density at radius 1 is 1.20 bits per heavy atom. The monoisotopic (exact) mass is 272 g/mol. The van der Waals surface area contributed by atoms with Crippen molar-refractivity contribution in [2.45, 2.75) is 38.8 Å². The molecule has 2 aliphatic heterocycles. The van der Waals surface area contributed by atoms with E-state index in [0.717, 1.165) is 19.4 Å². The molecule has 2 amide bonds. The van der Waals surface area contributed by atoms with Gasteiger partial charge in [-0.1, -0.05) is 24.3 Å². The standard InChI is InChI=1S/C16H20N2O2/c1-12-5-2-3-6-13(12)11-17-10-8-15(19)18-9-4-7-14(18)16(17)20/h2-3,5-6,14H,4,7-11H2,1H3. The van der Waals surface area contributed by atoms with Gasteiger partial charge in [-0.05, 0) is 30.9 Å². The first kappa shape index (κ1) is 13.2. The molecule has 2 saturated heterocycles. The van der Waals surface area contributed by atoms with Crippen LogP contribution in [-0.2, 0) is 16.1 Å². The zero-order chi connectivity index (χ0) is 14.1. The summed E-state index contributed by atoms with van der Waals surface area (Å²) in [6, 6.07) is 7.91. The molecule has 20 heavy (non-hydrogen) atoms.